The van der Waals surface area contributed by atoms with Crippen LogP contribution in [0.3, 0.4) is 0 Å². The zero-order valence-corrected chi connectivity index (χ0v) is 10.5. The minimum atomic E-state index is -0.500. The number of urea groups is 1. The predicted molar refractivity (Wildman–Crippen MR) is 70.0 cm³/mol. The molecule has 1 aliphatic heterocycles. The monoisotopic (exact) mass is 278 g/mol. The number of hydrogen-bond donors (Lipinski definition) is 1. The lowest BCUT2D eigenvalue weighted by Gasteiger charge is -2.20. The number of nitrogens with one attached hydrogen (secondary N) is 1. The molecule has 0 radical (unpaired) electrons. The number of amides is 2. The van der Waals surface area contributed by atoms with Gasteiger partial charge in [0.25, 0.3) is 0 Å². The van der Waals surface area contributed by atoms with Gasteiger partial charge in [0.15, 0.2) is 0 Å². The summed E-state index contributed by atoms with van der Waals surface area (Å²) in [6.45, 7) is 0.123. The van der Waals surface area contributed by atoms with Gasteiger partial charge in [-0.3, -0.25) is 4.98 Å². The molecule has 1 aromatic heterocycles. The first kappa shape index (κ1) is 13.6. The van der Waals surface area contributed by atoms with Gasteiger partial charge in [0.05, 0.1) is 25.2 Å². The second-order valence-electron chi connectivity index (χ2n) is 3.68. The molecule has 0 fully saturated rings. The highest BCUT2D eigenvalue weighted by atomic mass is 19.1. The van der Waals surface area contributed by atoms with Crippen molar-refractivity contribution in [3.63, 3.8) is 0 Å². The molecule has 1 aliphatic rings. The van der Waals surface area contributed by atoms with Crippen molar-refractivity contribution in [2.45, 2.75) is 0 Å². The van der Waals surface area contributed by atoms with E-state index in [-0.39, 0.29) is 6.54 Å². The second kappa shape index (κ2) is 6.36. The van der Waals surface area contributed by atoms with Crippen molar-refractivity contribution in [2.24, 2.45) is 15.4 Å². The molecule has 0 bridgehead atoms. The van der Waals surface area contributed by atoms with Crippen LogP contribution in [-0.2, 0) is 4.84 Å². The number of halogens is 1. The number of hydrazone groups is 2. The molecule has 0 saturated heterocycles. The van der Waals surface area contributed by atoms with Crippen molar-refractivity contribution in [3.8, 4) is 0 Å². The molecule has 0 atom stereocenters. The normalized spacial score (nSPS) is 15.6. The zero-order chi connectivity index (χ0) is 14.4. The molecule has 2 amide bonds. The number of rotatable bonds is 4. The number of nitrogens with zero attached hydrogens (tertiary/aromatic N) is 5. The largest absolute Gasteiger partial charge is 0.399 e. The molecular weight excluding hydrogens is 267 g/mol. The Balaban J connectivity index is 2.07. The molecule has 1 N–H and O–H groups in total. The molecule has 2 rings (SSSR count). The van der Waals surface area contributed by atoms with Crippen LogP contribution in [0, 0.1) is 5.82 Å². The van der Waals surface area contributed by atoms with Gasteiger partial charge in [-0.25, -0.2) is 19.6 Å². The lowest BCUT2D eigenvalue weighted by Crippen LogP contribution is -2.43. The van der Waals surface area contributed by atoms with Gasteiger partial charge in [-0.1, -0.05) is 5.16 Å². The topological polar surface area (TPSA) is 91.5 Å². The van der Waals surface area contributed by atoms with E-state index in [1.807, 2.05) is 0 Å². The molecule has 8 nitrogen and oxygen atoms in total. The fraction of sp³-hybridized carbons (Fsp3) is 0.182. The Labute approximate surface area is 113 Å². The van der Waals surface area contributed by atoms with Crippen LogP contribution in [0.15, 0.2) is 33.8 Å². The molecule has 20 heavy (non-hydrogen) atoms. The Morgan fingerprint density at radius 2 is 2.35 bits per heavy atom. The third kappa shape index (κ3) is 3.57. The molecule has 2 heterocycles. The van der Waals surface area contributed by atoms with Crippen molar-refractivity contribution in [1.82, 2.24) is 15.4 Å². The molecular formula is C11H11FN6O2. The maximum Gasteiger partial charge on any atom is 0.358 e. The van der Waals surface area contributed by atoms with Crippen LogP contribution in [0.25, 0.3) is 0 Å². The highest BCUT2D eigenvalue weighted by Gasteiger charge is 2.19. The summed E-state index contributed by atoms with van der Waals surface area (Å²) >= 11 is 0. The summed E-state index contributed by atoms with van der Waals surface area (Å²) in [5.74, 6) is -0.480. The van der Waals surface area contributed by atoms with E-state index in [9.17, 15) is 9.18 Å². The number of oxime groups is 1. The number of aromatic nitrogens is 1. The summed E-state index contributed by atoms with van der Waals surface area (Å²) in [5, 5.41) is 12.4. The molecule has 0 unspecified atom stereocenters. The van der Waals surface area contributed by atoms with Gasteiger partial charge in [-0.2, -0.15) is 10.2 Å². The van der Waals surface area contributed by atoms with E-state index in [1.165, 1.54) is 31.8 Å². The Kier molecular flexibility index (Phi) is 4.32. The highest BCUT2D eigenvalue weighted by molar-refractivity contribution is 6.32. The van der Waals surface area contributed by atoms with E-state index < -0.39 is 11.8 Å². The first-order valence-corrected chi connectivity index (χ1v) is 5.54. The van der Waals surface area contributed by atoms with E-state index in [0.29, 0.717) is 11.3 Å². The van der Waals surface area contributed by atoms with E-state index in [0.717, 1.165) is 11.2 Å². The molecule has 0 aromatic carbocycles. The summed E-state index contributed by atoms with van der Waals surface area (Å²) in [4.78, 5) is 19.7. The maximum absolute atomic E-state index is 12.9. The smallest absolute Gasteiger partial charge is 0.358 e. The average Bonchev–Trinajstić information content (AvgIpc) is 2.45. The first-order chi connectivity index (χ1) is 9.69. The predicted octanol–water partition coefficient (Wildman–Crippen LogP) is 0.568. The number of pyridine rings is 1. The molecule has 104 valence electrons. The Morgan fingerprint density at radius 1 is 1.50 bits per heavy atom. The Bertz CT molecular complexity index is 586. The van der Waals surface area contributed by atoms with Gasteiger partial charge in [-0.15, -0.1) is 0 Å². The van der Waals surface area contributed by atoms with E-state index in [1.54, 1.807) is 0 Å². The minimum Gasteiger partial charge on any atom is -0.399 e. The third-order valence-corrected chi connectivity index (χ3v) is 2.22. The lowest BCUT2D eigenvalue weighted by molar-refractivity contribution is 0.204. The Morgan fingerprint density at radius 3 is 3.10 bits per heavy atom. The minimum absolute atomic E-state index is 0.123. The number of carbonyl (C=O) groups is 1. The van der Waals surface area contributed by atoms with Gasteiger partial charge >= 0.3 is 6.03 Å². The summed E-state index contributed by atoms with van der Waals surface area (Å²) in [7, 11) is 1.39. The molecule has 0 saturated carbocycles. The van der Waals surface area contributed by atoms with Crippen LogP contribution < -0.4 is 5.43 Å². The van der Waals surface area contributed by atoms with Gasteiger partial charge in [0, 0.05) is 11.8 Å². The second-order valence-corrected chi connectivity index (χ2v) is 3.68. The molecule has 9 heteroatoms. The van der Waals surface area contributed by atoms with Crippen molar-refractivity contribution in [1.29, 1.82) is 0 Å². The van der Waals surface area contributed by atoms with Crippen LogP contribution in [0.2, 0.25) is 0 Å². The van der Waals surface area contributed by atoms with Crippen LogP contribution in [0.5, 0.6) is 0 Å². The Hall–Kier alpha value is -2.84. The molecule has 0 spiro atoms. The van der Waals surface area contributed by atoms with E-state index in [4.69, 9.17) is 0 Å². The SMILES string of the molecule is CO/N=C/C1=NNC(=O)N(/N=C/c2cncc(F)c2)C1. The standard InChI is InChI=1S/C11H11FN6O2/c1-20-15-6-10-7-18(11(19)17-16-10)14-4-8-2-9(12)5-13-3-8/h2-6H,7H2,1H3,(H,17,19)/b14-4+,15-6+. The summed E-state index contributed by atoms with van der Waals surface area (Å²) in [6.07, 6.45) is 5.19. The van der Waals surface area contributed by atoms with E-state index >= 15 is 0 Å². The highest BCUT2D eigenvalue weighted by Crippen LogP contribution is 2.01. The average molecular weight is 278 g/mol. The zero-order valence-electron chi connectivity index (χ0n) is 10.5. The summed E-state index contributed by atoms with van der Waals surface area (Å²) in [5.41, 5.74) is 3.16. The van der Waals surface area contributed by atoms with Crippen molar-refractivity contribution < 1.29 is 14.0 Å². The number of hydrogen-bond acceptors (Lipinski definition) is 6. The molecule has 1 aromatic rings. The van der Waals surface area contributed by atoms with Gasteiger partial charge in [0.1, 0.15) is 18.6 Å². The van der Waals surface area contributed by atoms with Crippen molar-refractivity contribution >= 4 is 24.2 Å². The number of carbonyl (C=O) groups excluding carboxylic acids is 1. The van der Waals surface area contributed by atoms with Crippen LogP contribution in [0.1, 0.15) is 5.56 Å². The van der Waals surface area contributed by atoms with E-state index in [2.05, 4.69) is 30.6 Å². The first-order valence-electron chi connectivity index (χ1n) is 5.54. The van der Waals surface area contributed by atoms with Gasteiger partial charge < -0.3 is 4.84 Å². The fourth-order valence-corrected chi connectivity index (χ4v) is 1.35. The van der Waals surface area contributed by atoms with Gasteiger partial charge in [0.2, 0.25) is 0 Å². The van der Waals surface area contributed by atoms with Crippen LogP contribution in [-0.4, -0.2) is 47.8 Å². The third-order valence-electron chi connectivity index (χ3n) is 2.22. The maximum atomic E-state index is 12.9. The summed E-state index contributed by atoms with van der Waals surface area (Å²) in [6, 6.07) is 0.750. The van der Waals surface area contributed by atoms with Gasteiger partial charge in [-0.05, 0) is 6.07 Å². The van der Waals surface area contributed by atoms with Crippen LogP contribution in [0.4, 0.5) is 9.18 Å². The van der Waals surface area contributed by atoms with Crippen molar-refractivity contribution in [3.05, 3.63) is 29.8 Å². The molecule has 0 aliphatic carbocycles. The quantitative estimate of drug-likeness (QED) is 0.644. The summed E-state index contributed by atoms with van der Waals surface area (Å²) < 4.78 is 12.9. The lowest BCUT2D eigenvalue weighted by atomic mass is 10.3. The van der Waals surface area contributed by atoms with Crippen LogP contribution >= 0.6 is 0 Å². The van der Waals surface area contributed by atoms with Crippen molar-refractivity contribution in [2.75, 3.05) is 13.7 Å². The fourth-order valence-electron chi connectivity index (χ4n) is 1.35.